The highest BCUT2D eigenvalue weighted by Gasteiger charge is 2.08. The van der Waals surface area contributed by atoms with Crippen molar-refractivity contribution in [1.82, 2.24) is 0 Å². The molecule has 140 valence electrons. The fraction of sp³-hybridized carbons (Fsp3) is 0.125. The van der Waals surface area contributed by atoms with Crippen LogP contribution in [0.2, 0.25) is 0 Å². The molecule has 0 aliphatic heterocycles. The van der Waals surface area contributed by atoms with Gasteiger partial charge < -0.3 is 14.3 Å². The first-order valence-electron chi connectivity index (χ1n) is 9.06. The van der Waals surface area contributed by atoms with E-state index in [0.717, 1.165) is 38.9 Å². The Hall–Kier alpha value is -3.53. The van der Waals surface area contributed by atoms with Crippen LogP contribution in [0.1, 0.15) is 11.1 Å². The average Bonchev–Trinajstić information content (AvgIpc) is 2.67. The van der Waals surface area contributed by atoms with E-state index in [9.17, 15) is 5.11 Å². The molecule has 0 aliphatic carbocycles. The summed E-state index contributed by atoms with van der Waals surface area (Å²) < 4.78 is 11.3. The van der Waals surface area contributed by atoms with E-state index in [1.165, 1.54) is 0 Å². The molecule has 1 N–H and O–H groups in total. The molecular weight excluding hydrogens is 350 g/mol. The number of phenolic OH excluding ortho intramolecular Hbond substituents is 1. The number of aryl methyl sites for hydroxylation is 2. The van der Waals surface area contributed by atoms with Crippen LogP contribution in [0.4, 0.5) is 5.69 Å². The highest BCUT2D eigenvalue weighted by molar-refractivity contribution is 5.80. The molecule has 0 unspecified atom stereocenters. The average molecular weight is 371 g/mol. The molecule has 4 nitrogen and oxygen atoms in total. The molecule has 0 fully saturated rings. The van der Waals surface area contributed by atoms with Crippen LogP contribution in [0.25, 0.3) is 22.3 Å². The molecule has 0 spiro atoms. The number of nitrogens with zero attached hydrogens (tertiary/aromatic N) is 1. The van der Waals surface area contributed by atoms with Gasteiger partial charge in [0.15, 0.2) is 0 Å². The largest absolute Gasteiger partial charge is 0.508 e. The van der Waals surface area contributed by atoms with Gasteiger partial charge in [0.05, 0.1) is 18.2 Å². The highest BCUT2D eigenvalue weighted by Crippen LogP contribution is 2.26. The summed E-state index contributed by atoms with van der Waals surface area (Å²) in [7, 11) is 1.64. The lowest BCUT2D eigenvalue weighted by Crippen LogP contribution is -2.03. The van der Waals surface area contributed by atoms with E-state index in [0.29, 0.717) is 11.3 Å². The SMILES string of the molecule is COc1ccc(-c2cc(=Nc3cc(C)cc(C)c3)c3cc(O)ccc3o2)cc1. The number of hydrogen-bond donors (Lipinski definition) is 1. The Bertz CT molecular complexity index is 1200. The standard InChI is InChI=1S/C24H21NO3/c1-15-10-16(2)12-18(11-15)25-22-14-24(17-4-7-20(27-3)8-5-17)28-23-9-6-19(26)13-21(22)23/h4-14,26H,1-3H3. The van der Waals surface area contributed by atoms with E-state index >= 15 is 0 Å². The Balaban J connectivity index is 1.96. The molecule has 4 aromatic rings. The van der Waals surface area contributed by atoms with Gasteiger partial charge in [0.2, 0.25) is 0 Å². The van der Waals surface area contributed by atoms with Gasteiger partial charge in [0.1, 0.15) is 22.8 Å². The maximum Gasteiger partial charge on any atom is 0.137 e. The van der Waals surface area contributed by atoms with E-state index in [1.54, 1.807) is 25.3 Å². The summed E-state index contributed by atoms with van der Waals surface area (Å²) in [5, 5.41) is 11.5. The maximum absolute atomic E-state index is 9.96. The molecule has 0 atom stereocenters. The summed E-state index contributed by atoms with van der Waals surface area (Å²) in [6.45, 7) is 4.11. The summed E-state index contributed by atoms with van der Waals surface area (Å²) in [6, 6.07) is 20.8. The van der Waals surface area contributed by atoms with Crippen LogP contribution in [0.15, 0.2) is 76.1 Å². The molecule has 0 aliphatic rings. The molecule has 0 bridgehead atoms. The lowest BCUT2D eigenvalue weighted by Gasteiger charge is -2.07. The van der Waals surface area contributed by atoms with E-state index in [-0.39, 0.29) is 5.75 Å². The maximum atomic E-state index is 9.96. The van der Waals surface area contributed by atoms with Crippen LogP contribution in [0, 0.1) is 13.8 Å². The summed E-state index contributed by atoms with van der Waals surface area (Å²) in [4.78, 5) is 4.86. The summed E-state index contributed by atoms with van der Waals surface area (Å²) in [5.41, 5.74) is 4.76. The van der Waals surface area contributed by atoms with Gasteiger partial charge in [0, 0.05) is 17.0 Å². The fourth-order valence-electron chi connectivity index (χ4n) is 3.30. The van der Waals surface area contributed by atoms with Crippen LogP contribution in [0.5, 0.6) is 11.5 Å². The van der Waals surface area contributed by atoms with Gasteiger partial charge in [-0.05, 0) is 79.6 Å². The van der Waals surface area contributed by atoms with E-state index < -0.39 is 0 Å². The second kappa shape index (κ2) is 7.24. The normalized spacial score (nSPS) is 11.8. The van der Waals surface area contributed by atoms with Crippen LogP contribution >= 0.6 is 0 Å². The Morgan fingerprint density at radius 1 is 0.857 bits per heavy atom. The van der Waals surface area contributed by atoms with Gasteiger partial charge in [-0.25, -0.2) is 4.99 Å². The minimum Gasteiger partial charge on any atom is -0.508 e. The molecule has 28 heavy (non-hydrogen) atoms. The fourth-order valence-corrected chi connectivity index (χ4v) is 3.30. The van der Waals surface area contributed by atoms with Crippen molar-refractivity contribution >= 4 is 16.7 Å². The molecule has 0 radical (unpaired) electrons. The molecule has 1 heterocycles. The molecule has 1 aromatic heterocycles. The number of fused-ring (bicyclic) bond motifs is 1. The molecule has 4 rings (SSSR count). The number of aromatic hydroxyl groups is 1. The second-order valence-electron chi connectivity index (χ2n) is 6.86. The number of benzene rings is 3. The van der Waals surface area contributed by atoms with Gasteiger partial charge >= 0.3 is 0 Å². The summed E-state index contributed by atoms with van der Waals surface area (Å²) in [5.74, 6) is 1.66. The van der Waals surface area contributed by atoms with Crippen LogP contribution < -0.4 is 10.1 Å². The molecule has 4 heteroatoms. The smallest absolute Gasteiger partial charge is 0.137 e. The van der Waals surface area contributed by atoms with Crippen molar-refractivity contribution < 1.29 is 14.3 Å². The van der Waals surface area contributed by atoms with Crippen molar-refractivity contribution in [2.24, 2.45) is 4.99 Å². The molecular formula is C24H21NO3. The molecule has 3 aromatic carbocycles. The van der Waals surface area contributed by atoms with Crippen molar-refractivity contribution in [2.75, 3.05) is 7.11 Å². The third kappa shape index (κ3) is 3.62. The zero-order chi connectivity index (χ0) is 19.7. The minimum absolute atomic E-state index is 0.178. The molecule has 0 saturated heterocycles. The van der Waals surface area contributed by atoms with Gasteiger partial charge in [-0.2, -0.15) is 0 Å². The summed E-state index contributed by atoms with van der Waals surface area (Å²) >= 11 is 0. The molecule has 0 saturated carbocycles. The topological polar surface area (TPSA) is 55.0 Å². The zero-order valence-corrected chi connectivity index (χ0v) is 16.1. The van der Waals surface area contributed by atoms with Crippen molar-refractivity contribution in [3.05, 3.63) is 83.2 Å². The lowest BCUT2D eigenvalue weighted by molar-refractivity contribution is 0.415. The third-order valence-corrected chi connectivity index (χ3v) is 4.56. The van der Waals surface area contributed by atoms with E-state index in [4.69, 9.17) is 14.1 Å². The van der Waals surface area contributed by atoms with Crippen LogP contribution in [-0.2, 0) is 0 Å². The third-order valence-electron chi connectivity index (χ3n) is 4.56. The summed E-state index contributed by atoms with van der Waals surface area (Å²) in [6.07, 6.45) is 0. The zero-order valence-electron chi connectivity index (χ0n) is 16.1. The van der Waals surface area contributed by atoms with Crippen molar-refractivity contribution in [2.45, 2.75) is 13.8 Å². The molecule has 0 amide bonds. The Morgan fingerprint density at radius 2 is 1.57 bits per heavy atom. The van der Waals surface area contributed by atoms with Gasteiger partial charge in [-0.1, -0.05) is 6.07 Å². The van der Waals surface area contributed by atoms with Gasteiger partial charge in [0.25, 0.3) is 0 Å². The highest BCUT2D eigenvalue weighted by atomic mass is 16.5. The number of hydrogen-bond acceptors (Lipinski definition) is 4. The van der Waals surface area contributed by atoms with Crippen LogP contribution in [-0.4, -0.2) is 12.2 Å². The quantitative estimate of drug-likeness (QED) is 0.505. The number of rotatable bonds is 3. The number of methoxy groups -OCH3 is 1. The predicted octanol–water partition coefficient (Wildman–Crippen LogP) is 5.66. The monoisotopic (exact) mass is 371 g/mol. The minimum atomic E-state index is 0.178. The Labute approximate surface area is 163 Å². The first-order chi connectivity index (χ1) is 13.5. The van der Waals surface area contributed by atoms with Gasteiger partial charge in [-0.15, -0.1) is 0 Å². The van der Waals surface area contributed by atoms with E-state index in [1.807, 2.05) is 42.5 Å². The number of ether oxygens (including phenoxy) is 1. The van der Waals surface area contributed by atoms with Crippen molar-refractivity contribution in [3.63, 3.8) is 0 Å². The lowest BCUT2D eigenvalue weighted by atomic mass is 10.1. The van der Waals surface area contributed by atoms with E-state index in [2.05, 4.69) is 19.9 Å². The van der Waals surface area contributed by atoms with Crippen molar-refractivity contribution in [1.29, 1.82) is 0 Å². The number of phenols is 1. The van der Waals surface area contributed by atoms with Gasteiger partial charge in [-0.3, -0.25) is 0 Å². The Morgan fingerprint density at radius 3 is 2.25 bits per heavy atom. The Kier molecular flexibility index (Phi) is 4.62. The second-order valence-corrected chi connectivity index (χ2v) is 6.86. The van der Waals surface area contributed by atoms with Crippen molar-refractivity contribution in [3.8, 4) is 22.8 Å². The van der Waals surface area contributed by atoms with Crippen LogP contribution in [0.3, 0.4) is 0 Å². The predicted molar refractivity (Wildman–Crippen MR) is 111 cm³/mol. The first-order valence-corrected chi connectivity index (χ1v) is 9.06. The first kappa shape index (κ1) is 17.9.